The van der Waals surface area contributed by atoms with E-state index in [2.05, 4.69) is 4.98 Å². The Morgan fingerprint density at radius 3 is 2.46 bits per heavy atom. The van der Waals surface area contributed by atoms with Crippen LogP contribution < -0.4 is 14.4 Å². The predicted molar refractivity (Wildman–Crippen MR) is 136 cm³/mol. The van der Waals surface area contributed by atoms with E-state index in [1.54, 1.807) is 19.1 Å². The molecular weight excluding hydrogens is 519 g/mol. The van der Waals surface area contributed by atoms with Crippen molar-refractivity contribution in [3.05, 3.63) is 47.7 Å². The van der Waals surface area contributed by atoms with Gasteiger partial charge in [-0.2, -0.15) is 13.2 Å². The number of amides is 1. The van der Waals surface area contributed by atoms with E-state index in [0.717, 1.165) is 5.56 Å². The van der Waals surface area contributed by atoms with Crippen LogP contribution in [-0.4, -0.2) is 95.5 Å². The summed E-state index contributed by atoms with van der Waals surface area (Å²) in [6.45, 7) is 4.28. The van der Waals surface area contributed by atoms with E-state index < -0.39 is 42.7 Å². The molecule has 4 atom stereocenters. The fourth-order valence-corrected chi connectivity index (χ4v) is 5.20. The smallest absolute Gasteiger partial charge is 0.393 e. The molecule has 0 unspecified atom stereocenters. The molecule has 0 saturated carbocycles. The summed E-state index contributed by atoms with van der Waals surface area (Å²) in [7, 11) is 1.52. The molecule has 2 fully saturated rings. The van der Waals surface area contributed by atoms with Crippen LogP contribution in [0.5, 0.6) is 11.5 Å². The van der Waals surface area contributed by atoms with Gasteiger partial charge < -0.3 is 34.6 Å². The topological polar surface area (TPSA) is 116 Å². The monoisotopic (exact) mass is 553 g/mol. The minimum atomic E-state index is -4.29. The van der Waals surface area contributed by atoms with Gasteiger partial charge in [-0.3, -0.25) is 4.79 Å². The number of anilines is 1. The van der Waals surface area contributed by atoms with Crippen molar-refractivity contribution in [2.45, 2.75) is 50.7 Å². The fraction of sp³-hybridized carbons (Fsp3) is 0.556. The molecule has 4 rings (SSSR count). The quantitative estimate of drug-likeness (QED) is 0.433. The molecule has 1 amide bonds. The number of hydrogen-bond acceptors (Lipinski definition) is 8. The number of rotatable bonds is 9. The molecule has 2 saturated heterocycles. The Balaban J connectivity index is 1.46. The summed E-state index contributed by atoms with van der Waals surface area (Å²) in [4.78, 5) is 20.1. The average Bonchev–Trinajstić information content (AvgIpc) is 3.23. The number of halogens is 3. The number of aliphatic hydroxyl groups is 3. The average molecular weight is 554 g/mol. The minimum absolute atomic E-state index is 0.100. The van der Waals surface area contributed by atoms with Crippen molar-refractivity contribution in [1.29, 1.82) is 0 Å². The SMILES string of the molecule is COc1ccc([C@@H]2CN(C(=O)[C@@H](O)CO)C[C@@]2(C)[C@@H](C)O)cc1OC1CN(c2ccc(CC(F)(F)F)cn2)C1. The van der Waals surface area contributed by atoms with Gasteiger partial charge in [0.1, 0.15) is 11.9 Å². The van der Waals surface area contributed by atoms with Gasteiger partial charge in [0, 0.05) is 30.6 Å². The van der Waals surface area contributed by atoms with E-state index in [1.807, 2.05) is 24.0 Å². The van der Waals surface area contributed by atoms with Crippen molar-refractivity contribution >= 4 is 11.7 Å². The highest BCUT2D eigenvalue weighted by atomic mass is 19.4. The first-order valence-electron chi connectivity index (χ1n) is 12.7. The van der Waals surface area contributed by atoms with Gasteiger partial charge in [-0.25, -0.2) is 4.98 Å². The third-order valence-corrected chi connectivity index (χ3v) is 7.72. The Kier molecular flexibility index (Phi) is 8.29. The number of methoxy groups -OCH3 is 1. The first-order chi connectivity index (χ1) is 18.3. The van der Waals surface area contributed by atoms with E-state index in [1.165, 1.54) is 24.3 Å². The minimum Gasteiger partial charge on any atom is -0.493 e. The number of aliphatic hydroxyl groups excluding tert-OH is 3. The number of hydrogen-bond donors (Lipinski definition) is 3. The molecule has 39 heavy (non-hydrogen) atoms. The van der Waals surface area contributed by atoms with Crippen molar-refractivity contribution in [2.24, 2.45) is 5.41 Å². The maximum absolute atomic E-state index is 12.6. The van der Waals surface area contributed by atoms with Crippen LogP contribution in [0, 0.1) is 5.41 Å². The van der Waals surface area contributed by atoms with E-state index in [-0.39, 0.29) is 30.7 Å². The molecule has 3 heterocycles. The van der Waals surface area contributed by atoms with Gasteiger partial charge in [-0.15, -0.1) is 0 Å². The zero-order valence-electron chi connectivity index (χ0n) is 22.1. The van der Waals surface area contributed by atoms with E-state index in [4.69, 9.17) is 9.47 Å². The molecule has 3 N–H and O–H groups in total. The van der Waals surface area contributed by atoms with E-state index in [9.17, 15) is 33.3 Å². The number of nitrogens with zero attached hydrogens (tertiary/aromatic N) is 3. The second-order valence-corrected chi connectivity index (χ2v) is 10.5. The zero-order valence-corrected chi connectivity index (χ0v) is 22.1. The van der Waals surface area contributed by atoms with Crippen LogP contribution in [0.3, 0.4) is 0 Å². The normalized spacial score (nSPS) is 23.4. The molecule has 214 valence electrons. The van der Waals surface area contributed by atoms with Crippen molar-refractivity contribution in [3.63, 3.8) is 0 Å². The zero-order chi connectivity index (χ0) is 28.5. The van der Waals surface area contributed by atoms with Gasteiger partial charge in [-0.05, 0) is 36.2 Å². The lowest BCUT2D eigenvalue weighted by Crippen LogP contribution is -2.54. The first kappa shape index (κ1) is 28.9. The summed E-state index contributed by atoms with van der Waals surface area (Å²) in [5.41, 5.74) is 0.206. The number of alkyl halides is 3. The maximum Gasteiger partial charge on any atom is 0.393 e. The third-order valence-electron chi connectivity index (χ3n) is 7.72. The molecule has 2 aromatic rings. The Bertz CT molecular complexity index is 1160. The molecule has 0 radical (unpaired) electrons. The number of carbonyl (C=O) groups is 1. The van der Waals surface area contributed by atoms with Crippen LogP contribution in [-0.2, 0) is 11.2 Å². The summed E-state index contributed by atoms with van der Waals surface area (Å²) < 4.78 is 49.5. The van der Waals surface area contributed by atoms with Crippen molar-refractivity contribution in [1.82, 2.24) is 9.88 Å². The Morgan fingerprint density at radius 1 is 1.18 bits per heavy atom. The Hall–Kier alpha value is -3.09. The molecule has 2 aliphatic heterocycles. The summed E-state index contributed by atoms with van der Waals surface area (Å²) in [6.07, 6.45) is -6.58. The van der Waals surface area contributed by atoms with Crippen LogP contribution in [0.1, 0.15) is 30.9 Å². The number of likely N-dealkylation sites (tertiary alicyclic amines) is 1. The summed E-state index contributed by atoms with van der Waals surface area (Å²) in [5, 5.41) is 29.7. The van der Waals surface area contributed by atoms with Gasteiger partial charge in [0.2, 0.25) is 0 Å². The van der Waals surface area contributed by atoms with Crippen LogP contribution in [0.2, 0.25) is 0 Å². The lowest BCUT2D eigenvalue weighted by atomic mass is 9.72. The third kappa shape index (κ3) is 6.23. The second kappa shape index (κ2) is 11.2. The Morgan fingerprint density at radius 2 is 1.90 bits per heavy atom. The highest BCUT2D eigenvalue weighted by molar-refractivity contribution is 5.81. The van der Waals surface area contributed by atoms with Gasteiger partial charge in [0.25, 0.3) is 5.91 Å². The molecule has 1 aromatic heterocycles. The summed E-state index contributed by atoms with van der Waals surface area (Å²) >= 11 is 0. The van der Waals surface area contributed by atoms with Gasteiger partial charge >= 0.3 is 6.18 Å². The molecule has 0 bridgehead atoms. The van der Waals surface area contributed by atoms with Crippen molar-refractivity contribution in [3.8, 4) is 11.5 Å². The van der Waals surface area contributed by atoms with Crippen molar-refractivity contribution in [2.75, 3.05) is 44.8 Å². The summed E-state index contributed by atoms with van der Waals surface area (Å²) in [6, 6.07) is 8.43. The molecule has 1 aromatic carbocycles. The number of pyridine rings is 1. The molecule has 0 spiro atoms. The Labute approximate surface area is 224 Å². The number of benzene rings is 1. The highest BCUT2D eigenvalue weighted by Gasteiger charge is 2.49. The largest absolute Gasteiger partial charge is 0.493 e. The lowest BCUT2D eigenvalue weighted by molar-refractivity contribution is -0.141. The first-order valence-corrected chi connectivity index (χ1v) is 12.7. The number of carbonyl (C=O) groups excluding carboxylic acids is 1. The molecule has 2 aliphatic rings. The highest BCUT2D eigenvalue weighted by Crippen LogP contribution is 2.47. The molecule has 0 aliphatic carbocycles. The van der Waals surface area contributed by atoms with Crippen LogP contribution in [0.25, 0.3) is 0 Å². The molecule has 9 nitrogen and oxygen atoms in total. The standard InChI is InChI=1S/C27H34F3N3O6/c1-16(35)26(2)15-33(25(37)21(36)14-34)13-20(26)18-5-6-22(38-3)23(8-18)39-19-11-32(12-19)24-7-4-17(10-31-24)9-27(28,29)30/h4-8,10,16,19-21,34-36H,9,11-15H2,1-3H3/t16-,20+,21+,26+/m1/s1. The molecular formula is C27H34F3N3O6. The number of aromatic nitrogens is 1. The lowest BCUT2D eigenvalue weighted by Gasteiger charge is -2.40. The maximum atomic E-state index is 12.6. The second-order valence-electron chi connectivity index (χ2n) is 10.5. The number of ether oxygens (including phenoxy) is 2. The predicted octanol–water partition coefficient (Wildman–Crippen LogP) is 2.13. The van der Waals surface area contributed by atoms with Crippen LogP contribution in [0.4, 0.5) is 19.0 Å². The van der Waals surface area contributed by atoms with Gasteiger partial charge in [-0.1, -0.05) is 19.1 Å². The summed E-state index contributed by atoms with van der Waals surface area (Å²) in [5.74, 6) is 0.688. The molecule has 12 heteroatoms. The van der Waals surface area contributed by atoms with Crippen LogP contribution in [0.15, 0.2) is 36.5 Å². The van der Waals surface area contributed by atoms with E-state index in [0.29, 0.717) is 30.4 Å². The van der Waals surface area contributed by atoms with Crippen molar-refractivity contribution < 1.29 is 42.8 Å². The fourth-order valence-electron chi connectivity index (χ4n) is 5.20. The van der Waals surface area contributed by atoms with Gasteiger partial charge in [0.15, 0.2) is 17.6 Å². The van der Waals surface area contributed by atoms with Gasteiger partial charge in [0.05, 0.1) is 39.3 Å². The van der Waals surface area contributed by atoms with Crippen LogP contribution >= 0.6 is 0 Å². The van der Waals surface area contributed by atoms with E-state index >= 15 is 0 Å².